The minimum absolute atomic E-state index is 0.00904. The molecule has 0 N–H and O–H groups in total. The van der Waals surface area contributed by atoms with Crippen LogP contribution in [0.1, 0.15) is 53.2 Å². The Morgan fingerprint density at radius 1 is 1.35 bits per heavy atom. The Kier molecular flexibility index (Phi) is 5.72. The molecule has 1 fully saturated rings. The van der Waals surface area contributed by atoms with E-state index in [0.29, 0.717) is 17.8 Å². The third-order valence-corrected chi connectivity index (χ3v) is 8.07. The van der Waals surface area contributed by atoms with Gasteiger partial charge in [0.2, 0.25) is 0 Å². The lowest BCUT2D eigenvalue weighted by Crippen LogP contribution is -2.46. The van der Waals surface area contributed by atoms with E-state index in [0.717, 1.165) is 25.7 Å². The number of hydrogen-bond donors (Lipinski definition) is 0. The standard InChI is InChI=1S/C18H25NO5S2/c1-3-19(14-8-9-26(22,23)11-14)17(20)12(2)24-18(21)16-10-13-6-4-5-7-15(13)25-16/h10,12,14H,3-9,11H2,1-2H3/t12-,14-/m0/s1. The van der Waals surface area contributed by atoms with Crippen LogP contribution in [-0.4, -0.2) is 55.4 Å². The van der Waals surface area contributed by atoms with Crippen molar-refractivity contribution in [2.75, 3.05) is 18.1 Å². The Balaban J connectivity index is 1.64. The van der Waals surface area contributed by atoms with E-state index in [2.05, 4.69) is 0 Å². The lowest BCUT2D eigenvalue weighted by atomic mass is 9.99. The number of likely N-dealkylation sites (N-methyl/N-ethyl adjacent to an activating group) is 1. The van der Waals surface area contributed by atoms with Crippen molar-refractivity contribution in [2.45, 2.75) is 58.1 Å². The van der Waals surface area contributed by atoms with Crippen LogP contribution >= 0.6 is 11.3 Å². The molecule has 0 saturated carbocycles. The molecule has 8 heteroatoms. The second-order valence-electron chi connectivity index (χ2n) is 6.99. The molecule has 3 rings (SSSR count). The van der Waals surface area contributed by atoms with E-state index in [1.165, 1.54) is 26.7 Å². The van der Waals surface area contributed by atoms with E-state index < -0.39 is 21.9 Å². The summed E-state index contributed by atoms with van der Waals surface area (Å²) in [5.74, 6) is -0.703. The van der Waals surface area contributed by atoms with Crippen molar-refractivity contribution >= 4 is 33.1 Å². The number of sulfone groups is 1. The predicted octanol–water partition coefficient (Wildman–Crippen LogP) is 2.21. The van der Waals surface area contributed by atoms with Gasteiger partial charge in [-0.15, -0.1) is 11.3 Å². The number of nitrogens with zero attached hydrogens (tertiary/aromatic N) is 1. The number of hydrogen-bond acceptors (Lipinski definition) is 6. The summed E-state index contributed by atoms with van der Waals surface area (Å²) in [6.07, 6.45) is 3.80. The van der Waals surface area contributed by atoms with Crippen LogP contribution in [0.2, 0.25) is 0 Å². The molecule has 6 nitrogen and oxygen atoms in total. The van der Waals surface area contributed by atoms with Crippen LogP contribution < -0.4 is 0 Å². The van der Waals surface area contributed by atoms with E-state index in [1.807, 2.05) is 13.0 Å². The molecule has 1 aliphatic heterocycles. The number of thiophene rings is 1. The molecule has 0 unspecified atom stereocenters. The third kappa shape index (κ3) is 4.11. The van der Waals surface area contributed by atoms with Gasteiger partial charge in [-0.2, -0.15) is 0 Å². The second kappa shape index (κ2) is 7.68. The Labute approximate surface area is 158 Å². The Hall–Kier alpha value is -1.41. The SMILES string of the molecule is CCN(C(=O)[C@H](C)OC(=O)c1cc2c(s1)CCCC2)[C@H]1CCS(=O)(=O)C1. The van der Waals surface area contributed by atoms with Gasteiger partial charge >= 0.3 is 5.97 Å². The van der Waals surface area contributed by atoms with Crippen molar-refractivity contribution in [3.63, 3.8) is 0 Å². The van der Waals surface area contributed by atoms with Crippen LogP contribution in [0.15, 0.2) is 6.07 Å². The fraction of sp³-hybridized carbons (Fsp3) is 0.667. The number of esters is 1. The number of aryl methyl sites for hydroxylation is 2. The summed E-state index contributed by atoms with van der Waals surface area (Å²) in [5.41, 5.74) is 1.22. The third-order valence-electron chi connectivity index (χ3n) is 5.10. The van der Waals surface area contributed by atoms with E-state index in [-0.39, 0.29) is 23.5 Å². The molecular formula is C18H25NO5S2. The minimum atomic E-state index is -3.08. The predicted molar refractivity (Wildman–Crippen MR) is 100 cm³/mol. The highest BCUT2D eigenvalue weighted by Gasteiger charge is 2.36. The molecular weight excluding hydrogens is 374 g/mol. The quantitative estimate of drug-likeness (QED) is 0.709. The van der Waals surface area contributed by atoms with Gasteiger partial charge in [0, 0.05) is 17.5 Å². The van der Waals surface area contributed by atoms with Gasteiger partial charge in [-0.25, -0.2) is 13.2 Å². The van der Waals surface area contributed by atoms with E-state index in [9.17, 15) is 18.0 Å². The fourth-order valence-corrected chi connectivity index (χ4v) is 6.58. The molecule has 1 aromatic heterocycles. The Morgan fingerprint density at radius 3 is 2.69 bits per heavy atom. The zero-order valence-electron chi connectivity index (χ0n) is 15.2. The monoisotopic (exact) mass is 399 g/mol. The van der Waals surface area contributed by atoms with Gasteiger partial charge in [0.25, 0.3) is 5.91 Å². The molecule has 1 saturated heterocycles. The molecule has 2 atom stereocenters. The normalized spacial score (nSPS) is 22.5. The Bertz CT molecular complexity index is 775. The van der Waals surface area contributed by atoms with Crippen molar-refractivity contribution < 1.29 is 22.7 Å². The largest absolute Gasteiger partial charge is 0.448 e. The molecule has 26 heavy (non-hydrogen) atoms. The first-order chi connectivity index (χ1) is 12.3. The number of ether oxygens (including phenoxy) is 1. The van der Waals surface area contributed by atoms with Crippen LogP contribution in [0.4, 0.5) is 0 Å². The number of amides is 1. The van der Waals surface area contributed by atoms with E-state index in [4.69, 9.17) is 4.74 Å². The topological polar surface area (TPSA) is 80.8 Å². The van der Waals surface area contributed by atoms with Crippen molar-refractivity contribution in [3.05, 3.63) is 21.4 Å². The molecule has 0 spiro atoms. The highest BCUT2D eigenvalue weighted by molar-refractivity contribution is 7.91. The lowest BCUT2D eigenvalue weighted by Gasteiger charge is -2.29. The molecule has 1 amide bonds. The van der Waals surface area contributed by atoms with Gasteiger partial charge in [0.05, 0.1) is 11.5 Å². The van der Waals surface area contributed by atoms with Gasteiger partial charge in [0.15, 0.2) is 15.9 Å². The van der Waals surface area contributed by atoms with Gasteiger partial charge in [-0.05, 0) is 57.6 Å². The van der Waals surface area contributed by atoms with Crippen molar-refractivity contribution in [3.8, 4) is 0 Å². The maximum atomic E-state index is 12.7. The smallest absolute Gasteiger partial charge is 0.349 e. The van der Waals surface area contributed by atoms with E-state index in [1.54, 1.807) is 6.92 Å². The molecule has 0 radical (unpaired) electrons. The zero-order chi connectivity index (χ0) is 18.9. The molecule has 0 bridgehead atoms. The highest BCUT2D eigenvalue weighted by Crippen LogP contribution is 2.30. The molecule has 1 aliphatic carbocycles. The minimum Gasteiger partial charge on any atom is -0.448 e. The average Bonchev–Trinajstić information content (AvgIpc) is 3.18. The summed E-state index contributed by atoms with van der Waals surface area (Å²) >= 11 is 1.46. The molecule has 2 heterocycles. The summed E-state index contributed by atoms with van der Waals surface area (Å²) in [4.78, 5) is 28.4. The first-order valence-corrected chi connectivity index (χ1v) is 11.8. The second-order valence-corrected chi connectivity index (χ2v) is 10.4. The number of fused-ring (bicyclic) bond motifs is 1. The van der Waals surface area contributed by atoms with Crippen molar-refractivity contribution in [1.82, 2.24) is 4.90 Å². The lowest BCUT2D eigenvalue weighted by molar-refractivity contribution is -0.141. The summed E-state index contributed by atoms with van der Waals surface area (Å²) in [5, 5.41) is 0. The first kappa shape index (κ1) is 19.4. The van der Waals surface area contributed by atoms with Crippen LogP contribution in [0.5, 0.6) is 0 Å². The fourth-order valence-electron chi connectivity index (χ4n) is 3.71. The summed E-state index contributed by atoms with van der Waals surface area (Å²) in [6.45, 7) is 3.76. The average molecular weight is 400 g/mol. The van der Waals surface area contributed by atoms with Gasteiger partial charge in [-0.1, -0.05) is 0 Å². The maximum Gasteiger partial charge on any atom is 0.349 e. The van der Waals surface area contributed by atoms with Crippen LogP contribution in [0.3, 0.4) is 0 Å². The summed E-state index contributed by atoms with van der Waals surface area (Å²) < 4.78 is 28.8. The maximum absolute atomic E-state index is 12.7. The van der Waals surface area contributed by atoms with Crippen molar-refractivity contribution in [1.29, 1.82) is 0 Å². The summed E-state index contributed by atoms with van der Waals surface area (Å²) in [6, 6.07) is 1.56. The summed E-state index contributed by atoms with van der Waals surface area (Å²) in [7, 11) is -3.08. The van der Waals surface area contributed by atoms with Gasteiger partial charge < -0.3 is 9.64 Å². The van der Waals surface area contributed by atoms with Gasteiger partial charge in [0.1, 0.15) is 4.88 Å². The first-order valence-electron chi connectivity index (χ1n) is 9.14. The molecule has 1 aromatic rings. The van der Waals surface area contributed by atoms with Crippen LogP contribution in [0, 0.1) is 0 Å². The van der Waals surface area contributed by atoms with Crippen LogP contribution in [-0.2, 0) is 32.2 Å². The number of carbonyl (C=O) groups excluding carboxylic acids is 2. The molecule has 2 aliphatic rings. The number of carbonyl (C=O) groups is 2. The number of rotatable bonds is 5. The van der Waals surface area contributed by atoms with E-state index >= 15 is 0 Å². The molecule has 144 valence electrons. The van der Waals surface area contributed by atoms with Crippen LogP contribution in [0.25, 0.3) is 0 Å². The zero-order valence-corrected chi connectivity index (χ0v) is 16.8. The Morgan fingerprint density at radius 2 is 2.08 bits per heavy atom. The van der Waals surface area contributed by atoms with Gasteiger partial charge in [-0.3, -0.25) is 4.79 Å². The highest BCUT2D eigenvalue weighted by atomic mass is 32.2. The molecule has 0 aromatic carbocycles. The van der Waals surface area contributed by atoms with Crippen molar-refractivity contribution in [2.24, 2.45) is 0 Å².